The highest BCUT2D eigenvalue weighted by atomic mass is 16.7. The second-order valence-corrected chi connectivity index (χ2v) is 9.60. The maximum atomic E-state index is 6.28. The Morgan fingerprint density at radius 3 is 2.17 bits per heavy atom. The van der Waals surface area contributed by atoms with Gasteiger partial charge < -0.3 is 42.5 Å². The number of benzene rings is 1. The summed E-state index contributed by atoms with van der Waals surface area (Å²) in [6.07, 6.45) is -0.0677. The summed E-state index contributed by atoms with van der Waals surface area (Å²) >= 11 is 0. The topological polar surface area (TPSA) is 83.1 Å². The van der Waals surface area contributed by atoms with E-state index < -0.39 is 18.3 Å². The van der Waals surface area contributed by atoms with Crippen molar-refractivity contribution >= 4 is 12.6 Å². The van der Waals surface area contributed by atoms with E-state index in [4.69, 9.17) is 42.5 Å². The van der Waals surface area contributed by atoms with Crippen LogP contribution >= 0.6 is 0 Å². The predicted octanol–water partition coefficient (Wildman–Crippen LogP) is 1.98. The highest BCUT2D eigenvalue weighted by Gasteiger charge is 2.52. The Morgan fingerprint density at radius 2 is 1.54 bits per heavy atom. The van der Waals surface area contributed by atoms with Gasteiger partial charge in [0.05, 0.1) is 77.3 Å². The fourth-order valence-corrected chi connectivity index (χ4v) is 3.58. The molecule has 2 aliphatic heterocycles. The van der Waals surface area contributed by atoms with E-state index in [2.05, 4.69) is 0 Å². The maximum absolute atomic E-state index is 6.28. The Labute approximate surface area is 209 Å². The van der Waals surface area contributed by atoms with Crippen LogP contribution in [0.2, 0.25) is 0 Å². The number of methoxy groups -OCH3 is 1. The van der Waals surface area contributed by atoms with Gasteiger partial charge in [-0.25, -0.2) is 0 Å². The van der Waals surface area contributed by atoms with Crippen molar-refractivity contribution in [3.63, 3.8) is 0 Å². The molecule has 10 heteroatoms. The average Bonchev–Trinajstić information content (AvgIpc) is 3.06. The van der Waals surface area contributed by atoms with Gasteiger partial charge in [-0.1, -0.05) is 6.07 Å². The molecule has 0 unspecified atom stereocenters. The first kappa shape index (κ1) is 28.3. The zero-order chi connectivity index (χ0) is 25.2. The lowest BCUT2D eigenvalue weighted by Crippen LogP contribution is -2.41. The standard InChI is InChI=1S/C25H41BO9/c1-24(2)25(3,4)35-26(34-24)23-7-6-21(33-19-22-18-31-14-15-32-22)16-20(23)17-30-13-12-29-11-10-28-9-8-27-5/h6-7,16,22H,8-15,17-19H2,1-5H3/t22-/m1/s1. The van der Waals surface area contributed by atoms with E-state index in [0.29, 0.717) is 72.7 Å². The smallest absolute Gasteiger partial charge is 0.491 e. The van der Waals surface area contributed by atoms with E-state index in [1.807, 2.05) is 45.9 Å². The molecule has 3 rings (SSSR count). The van der Waals surface area contributed by atoms with Gasteiger partial charge >= 0.3 is 7.12 Å². The van der Waals surface area contributed by atoms with Gasteiger partial charge in [-0.05, 0) is 50.9 Å². The predicted molar refractivity (Wildman–Crippen MR) is 131 cm³/mol. The lowest BCUT2D eigenvalue weighted by atomic mass is 9.76. The molecule has 0 bridgehead atoms. The van der Waals surface area contributed by atoms with E-state index in [1.165, 1.54) is 0 Å². The summed E-state index contributed by atoms with van der Waals surface area (Å²) in [4.78, 5) is 0. The van der Waals surface area contributed by atoms with Crippen molar-refractivity contribution in [3.05, 3.63) is 23.8 Å². The zero-order valence-electron chi connectivity index (χ0n) is 21.8. The molecule has 9 nitrogen and oxygen atoms in total. The van der Waals surface area contributed by atoms with E-state index in [0.717, 1.165) is 16.8 Å². The molecule has 2 saturated heterocycles. The molecular weight excluding hydrogens is 455 g/mol. The third-order valence-electron chi connectivity index (χ3n) is 6.38. The van der Waals surface area contributed by atoms with Gasteiger partial charge in [0.25, 0.3) is 0 Å². The van der Waals surface area contributed by atoms with Gasteiger partial charge in [-0.2, -0.15) is 0 Å². The Hall–Kier alpha value is -1.24. The van der Waals surface area contributed by atoms with Crippen LogP contribution in [0.25, 0.3) is 0 Å². The average molecular weight is 496 g/mol. The molecule has 1 atom stereocenters. The van der Waals surface area contributed by atoms with Gasteiger partial charge in [0.2, 0.25) is 0 Å². The van der Waals surface area contributed by atoms with E-state index in [1.54, 1.807) is 7.11 Å². The minimum absolute atomic E-state index is 0.0677. The van der Waals surface area contributed by atoms with Gasteiger partial charge in [0.15, 0.2) is 0 Å². The molecule has 0 aromatic heterocycles. The number of hydrogen-bond donors (Lipinski definition) is 0. The Kier molecular flexibility index (Phi) is 11.3. The van der Waals surface area contributed by atoms with Crippen LogP contribution in [0.3, 0.4) is 0 Å². The summed E-state index contributed by atoms with van der Waals surface area (Å²) in [5.74, 6) is 0.738. The van der Waals surface area contributed by atoms with Crippen LogP contribution in [-0.4, -0.2) is 97.6 Å². The largest absolute Gasteiger partial charge is 0.495 e. The van der Waals surface area contributed by atoms with Crippen molar-refractivity contribution in [1.29, 1.82) is 0 Å². The summed E-state index contributed by atoms with van der Waals surface area (Å²) in [7, 11) is 1.17. The summed E-state index contributed by atoms with van der Waals surface area (Å²) in [5.41, 5.74) is 1.02. The van der Waals surface area contributed by atoms with Crippen molar-refractivity contribution < 1.29 is 42.5 Å². The molecule has 2 fully saturated rings. The highest BCUT2D eigenvalue weighted by molar-refractivity contribution is 6.62. The molecule has 2 heterocycles. The lowest BCUT2D eigenvalue weighted by molar-refractivity contribution is -0.101. The van der Waals surface area contributed by atoms with E-state index in [-0.39, 0.29) is 6.10 Å². The zero-order valence-corrected chi connectivity index (χ0v) is 21.8. The van der Waals surface area contributed by atoms with E-state index in [9.17, 15) is 0 Å². The van der Waals surface area contributed by atoms with Crippen molar-refractivity contribution in [3.8, 4) is 5.75 Å². The molecule has 0 spiro atoms. The van der Waals surface area contributed by atoms with Crippen LogP contribution in [0, 0.1) is 0 Å². The molecule has 35 heavy (non-hydrogen) atoms. The maximum Gasteiger partial charge on any atom is 0.495 e. The Morgan fingerprint density at radius 1 is 0.886 bits per heavy atom. The van der Waals surface area contributed by atoms with Gasteiger partial charge in [-0.3, -0.25) is 0 Å². The van der Waals surface area contributed by atoms with Crippen LogP contribution in [0.15, 0.2) is 18.2 Å². The lowest BCUT2D eigenvalue weighted by Gasteiger charge is -2.32. The second kappa shape index (κ2) is 13.9. The van der Waals surface area contributed by atoms with Crippen molar-refractivity contribution in [1.82, 2.24) is 0 Å². The van der Waals surface area contributed by atoms with Gasteiger partial charge in [-0.15, -0.1) is 0 Å². The molecular formula is C25H41BO9. The summed E-state index contributed by atoms with van der Waals surface area (Å²) in [5, 5.41) is 0. The fourth-order valence-electron chi connectivity index (χ4n) is 3.58. The number of hydrogen-bond acceptors (Lipinski definition) is 9. The minimum Gasteiger partial charge on any atom is -0.491 e. The molecule has 1 aromatic rings. The number of ether oxygens (including phenoxy) is 7. The second-order valence-electron chi connectivity index (χ2n) is 9.60. The van der Waals surface area contributed by atoms with Crippen LogP contribution in [0.4, 0.5) is 0 Å². The quantitative estimate of drug-likeness (QED) is 0.267. The Balaban J connectivity index is 1.54. The monoisotopic (exact) mass is 496 g/mol. The molecule has 0 N–H and O–H groups in total. The molecule has 198 valence electrons. The normalized spacial score (nSPS) is 21.4. The van der Waals surface area contributed by atoms with Crippen LogP contribution in [0.1, 0.15) is 33.3 Å². The van der Waals surface area contributed by atoms with Gasteiger partial charge in [0, 0.05) is 7.11 Å². The Bertz CT molecular complexity index is 736. The first-order valence-electron chi connectivity index (χ1n) is 12.3. The van der Waals surface area contributed by atoms with Crippen molar-refractivity contribution in [2.75, 3.05) is 73.2 Å². The highest BCUT2D eigenvalue weighted by Crippen LogP contribution is 2.37. The molecule has 0 aliphatic carbocycles. The third kappa shape index (κ3) is 8.68. The SMILES string of the molecule is COCCOCCOCCOCc1cc(OC[C@H]2COCCO2)ccc1B1OC(C)(C)C(C)(C)O1. The first-order valence-corrected chi connectivity index (χ1v) is 12.3. The molecule has 0 saturated carbocycles. The summed E-state index contributed by atoms with van der Waals surface area (Å²) in [6, 6.07) is 5.90. The van der Waals surface area contributed by atoms with Crippen molar-refractivity contribution in [2.24, 2.45) is 0 Å². The van der Waals surface area contributed by atoms with Gasteiger partial charge in [0.1, 0.15) is 18.5 Å². The third-order valence-corrected chi connectivity index (χ3v) is 6.38. The van der Waals surface area contributed by atoms with E-state index >= 15 is 0 Å². The minimum atomic E-state index is -0.483. The van der Waals surface area contributed by atoms with Crippen molar-refractivity contribution in [2.45, 2.75) is 51.6 Å². The first-order chi connectivity index (χ1) is 16.8. The fraction of sp³-hybridized carbons (Fsp3) is 0.760. The molecule has 0 radical (unpaired) electrons. The molecule has 2 aliphatic rings. The summed E-state index contributed by atoms with van der Waals surface area (Å²) in [6.45, 7) is 13.9. The van der Waals surface area contributed by atoms with Crippen LogP contribution in [0.5, 0.6) is 5.75 Å². The van der Waals surface area contributed by atoms with Crippen LogP contribution in [-0.2, 0) is 44.3 Å². The molecule has 1 aromatic carbocycles. The van der Waals surface area contributed by atoms with Crippen LogP contribution < -0.4 is 10.2 Å². The summed E-state index contributed by atoms with van der Waals surface area (Å²) < 4.78 is 51.5. The number of rotatable bonds is 15. The molecule has 0 amide bonds.